The van der Waals surface area contributed by atoms with Crippen molar-refractivity contribution in [2.45, 2.75) is 91.1 Å². The van der Waals surface area contributed by atoms with Crippen LogP contribution < -0.4 is 0 Å². The molecule has 0 aliphatic heterocycles. The summed E-state index contributed by atoms with van der Waals surface area (Å²) in [5, 5.41) is 0. The van der Waals surface area contributed by atoms with Crippen LogP contribution in [0.15, 0.2) is 11.6 Å². The molecular weight excluding hydrogens is 351 g/mol. The van der Waals surface area contributed by atoms with E-state index >= 15 is 0 Å². The quantitative estimate of drug-likeness (QED) is 0.494. The highest BCUT2D eigenvalue weighted by Crippen LogP contribution is 2.65. The van der Waals surface area contributed by atoms with Crippen molar-refractivity contribution in [1.29, 1.82) is 0 Å². The van der Waals surface area contributed by atoms with Crippen molar-refractivity contribution in [3.63, 3.8) is 0 Å². The predicted octanol–water partition coefficient (Wildman–Crippen LogP) is 6.84. The SMILES string of the molecule is CCC[C@@H](C)C1CC[C@H]2[C@@H]3CC[C@@H]4C[C@H](P=O)CC[C@]4(C)C3=CC(=O)[C@]12C. The molecular formula is C24H37O2P. The molecule has 3 saturated carbocycles. The lowest BCUT2D eigenvalue weighted by molar-refractivity contribution is -0.132. The number of ketones is 1. The number of hydrogen-bond acceptors (Lipinski definition) is 2. The summed E-state index contributed by atoms with van der Waals surface area (Å²) in [6.07, 6.45) is 12.8. The first-order valence-electron chi connectivity index (χ1n) is 11.4. The van der Waals surface area contributed by atoms with Crippen LogP contribution in [0.2, 0.25) is 0 Å². The van der Waals surface area contributed by atoms with E-state index in [1.165, 1.54) is 44.1 Å². The predicted molar refractivity (Wildman–Crippen MR) is 111 cm³/mol. The van der Waals surface area contributed by atoms with Crippen molar-refractivity contribution in [2.24, 2.45) is 40.4 Å². The number of fused-ring (bicyclic) bond motifs is 5. The summed E-state index contributed by atoms with van der Waals surface area (Å²) in [5.41, 5.74) is 1.89. The molecule has 0 N–H and O–H groups in total. The molecule has 0 spiro atoms. The van der Waals surface area contributed by atoms with Gasteiger partial charge in [-0.2, -0.15) is 0 Å². The van der Waals surface area contributed by atoms with Gasteiger partial charge in [0.2, 0.25) is 0 Å². The molecule has 8 atom stereocenters. The molecule has 4 aliphatic carbocycles. The lowest BCUT2D eigenvalue weighted by atomic mass is 9.48. The molecule has 0 amide bonds. The number of carbonyl (C=O) groups is 1. The third-order valence-corrected chi connectivity index (χ3v) is 10.3. The van der Waals surface area contributed by atoms with Gasteiger partial charge in [0.25, 0.3) is 0 Å². The Morgan fingerprint density at radius 1 is 1.19 bits per heavy atom. The van der Waals surface area contributed by atoms with E-state index in [0.29, 0.717) is 49.5 Å². The van der Waals surface area contributed by atoms with Crippen LogP contribution in [-0.4, -0.2) is 11.4 Å². The van der Waals surface area contributed by atoms with Crippen molar-refractivity contribution < 1.29 is 9.36 Å². The summed E-state index contributed by atoms with van der Waals surface area (Å²) in [7, 11) is 0.332. The van der Waals surface area contributed by atoms with E-state index in [1.54, 1.807) is 0 Å². The van der Waals surface area contributed by atoms with E-state index in [9.17, 15) is 9.36 Å². The van der Waals surface area contributed by atoms with E-state index < -0.39 is 0 Å². The molecule has 0 aromatic carbocycles. The molecule has 4 rings (SSSR count). The Morgan fingerprint density at radius 2 is 1.96 bits per heavy atom. The Balaban J connectivity index is 1.67. The van der Waals surface area contributed by atoms with Gasteiger partial charge in [-0.05, 0) is 86.0 Å². The molecule has 2 nitrogen and oxygen atoms in total. The Hall–Kier alpha value is -0.490. The molecule has 0 bridgehead atoms. The monoisotopic (exact) mass is 388 g/mol. The lowest BCUT2D eigenvalue weighted by Gasteiger charge is -2.56. The van der Waals surface area contributed by atoms with Crippen molar-refractivity contribution in [1.82, 2.24) is 0 Å². The van der Waals surface area contributed by atoms with Crippen molar-refractivity contribution in [3.8, 4) is 0 Å². The van der Waals surface area contributed by atoms with Gasteiger partial charge in [-0.3, -0.25) is 9.36 Å². The van der Waals surface area contributed by atoms with Gasteiger partial charge in [0.15, 0.2) is 14.2 Å². The van der Waals surface area contributed by atoms with Crippen LogP contribution in [0.3, 0.4) is 0 Å². The summed E-state index contributed by atoms with van der Waals surface area (Å²) in [4.78, 5) is 13.6. The molecule has 150 valence electrons. The average Bonchev–Trinajstić information content (AvgIpc) is 3.01. The van der Waals surface area contributed by atoms with Crippen molar-refractivity contribution in [3.05, 3.63) is 11.6 Å². The number of rotatable bonds is 4. The summed E-state index contributed by atoms with van der Waals surface area (Å²) in [6, 6.07) is 0. The van der Waals surface area contributed by atoms with Gasteiger partial charge in [0.1, 0.15) is 0 Å². The highest BCUT2D eigenvalue weighted by molar-refractivity contribution is 7.24. The molecule has 27 heavy (non-hydrogen) atoms. The molecule has 1 unspecified atom stereocenters. The second-order valence-electron chi connectivity index (χ2n) is 10.6. The third kappa shape index (κ3) is 2.84. The maximum Gasteiger partial charge on any atom is 0.162 e. The average molecular weight is 389 g/mol. The zero-order chi connectivity index (χ0) is 19.4. The maximum atomic E-state index is 13.6. The lowest BCUT2D eigenvalue weighted by Crippen LogP contribution is -2.51. The Bertz CT molecular complexity index is 655. The van der Waals surface area contributed by atoms with E-state index in [4.69, 9.17) is 0 Å². The standard InChI is InChI=1S/C24H37O2P/c1-5-6-15(2)19-9-10-20-18-8-7-16-13-17(27-26)11-12-23(16,3)21(18)14-22(25)24(19,20)4/h14-20H,5-13H2,1-4H3/t15-,16-,17-,18+,19?,20+,23+,24-/m1/s1. The van der Waals surface area contributed by atoms with Gasteiger partial charge in [0, 0.05) is 11.1 Å². The smallest absolute Gasteiger partial charge is 0.162 e. The van der Waals surface area contributed by atoms with Crippen LogP contribution in [-0.2, 0) is 9.36 Å². The van der Waals surface area contributed by atoms with Crippen molar-refractivity contribution >= 4 is 14.2 Å². The highest BCUT2D eigenvalue weighted by Gasteiger charge is 2.60. The summed E-state index contributed by atoms with van der Waals surface area (Å²) >= 11 is 0. The number of carbonyl (C=O) groups excluding carboxylic acids is 1. The maximum absolute atomic E-state index is 13.6. The molecule has 3 fully saturated rings. The highest BCUT2D eigenvalue weighted by atomic mass is 31.1. The molecule has 4 aliphatic rings. The topological polar surface area (TPSA) is 34.1 Å². The van der Waals surface area contributed by atoms with E-state index in [-0.39, 0.29) is 10.8 Å². The van der Waals surface area contributed by atoms with Crippen LogP contribution in [0.5, 0.6) is 0 Å². The molecule has 0 saturated heterocycles. The molecule has 0 aromatic rings. The Kier molecular flexibility index (Phi) is 5.20. The fraction of sp³-hybridized carbons (Fsp3) is 0.875. The van der Waals surface area contributed by atoms with Crippen LogP contribution in [0.4, 0.5) is 0 Å². The fourth-order valence-electron chi connectivity index (χ4n) is 7.99. The fourth-order valence-corrected chi connectivity index (χ4v) is 8.56. The summed E-state index contributed by atoms with van der Waals surface area (Å²) in [5.74, 6) is 3.45. The van der Waals surface area contributed by atoms with E-state index in [0.717, 1.165) is 19.3 Å². The van der Waals surface area contributed by atoms with E-state index in [2.05, 4.69) is 33.8 Å². The minimum absolute atomic E-state index is 0.128. The first-order chi connectivity index (χ1) is 12.9. The van der Waals surface area contributed by atoms with Gasteiger partial charge in [0.05, 0.1) is 0 Å². The van der Waals surface area contributed by atoms with Gasteiger partial charge >= 0.3 is 0 Å². The molecule has 3 heteroatoms. The van der Waals surface area contributed by atoms with Gasteiger partial charge in [-0.1, -0.05) is 46.1 Å². The molecule has 0 heterocycles. The zero-order valence-corrected chi connectivity index (χ0v) is 18.6. The first kappa shape index (κ1) is 19.8. The van der Waals surface area contributed by atoms with Gasteiger partial charge in [-0.25, -0.2) is 0 Å². The second kappa shape index (κ2) is 7.08. The first-order valence-corrected chi connectivity index (χ1v) is 12.3. The summed E-state index contributed by atoms with van der Waals surface area (Å²) in [6.45, 7) is 9.40. The van der Waals surface area contributed by atoms with Gasteiger partial charge in [-0.15, -0.1) is 0 Å². The molecule has 0 aromatic heterocycles. The zero-order valence-electron chi connectivity index (χ0n) is 17.7. The normalized spacial score (nSPS) is 47.8. The summed E-state index contributed by atoms with van der Waals surface area (Å²) < 4.78 is 11.4. The number of hydrogen-bond donors (Lipinski definition) is 0. The number of allylic oxidation sites excluding steroid dienone is 2. The van der Waals surface area contributed by atoms with Crippen LogP contribution in [0, 0.1) is 40.4 Å². The van der Waals surface area contributed by atoms with Crippen molar-refractivity contribution in [2.75, 3.05) is 0 Å². The third-order valence-electron chi connectivity index (χ3n) is 9.55. The van der Waals surface area contributed by atoms with Crippen LogP contribution in [0.1, 0.15) is 85.5 Å². The van der Waals surface area contributed by atoms with Crippen LogP contribution in [0.25, 0.3) is 0 Å². The Labute approximate surface area is 167 Å². The minimum atomic E-state index is -0.128. The van der Waals surface area contributed by atoms with Gasteiger partial charge < -0.3 is 0 Å². The van der Waals surface area contributed by atoms with E-state index in [1.807, 2.05) is 0 Å². The minimum Gasteiger partial charge on any atom is -0.294 e. The van der Waals surface area contributed by atoms with Crippen LogP contribution >= 0.6 is 8.46 Å². The molecule has 0 radical (unpaired) electrons. The Morgan fingerprint density at radius 3 is 2.67 bits per heavy atom. The second-order valence-corrected chi connectivity index (χ2v) is 11.6. The largest absolute Gasteiger partial charge is 0.294 e.